The Kier molecular flexibility index (Phi) is 5.47. The number of alkyl halides is 2. The highest BCUT2D eigenvalue weighted by atomic mass is 35.5. The summed E-state index contributed by atoms with van der Waals surface area (Å²) in [6, 6.07) is 4.91. The molecule has 0 bridgehead atoms. The lowest BCUT2D eigenvalue weighted by molar-refractivity contribution is 0.00804. The van der Waals surface area contributed by atoms with Crippen LogP contribution < -0.4 is 0 Å². The van der Waals surface area contributed by atoms with Gasteiger partial charge in [-0.15, -0.1) is 0 Å². The van der Waals surface area contributed by atoms with E-state index in [1.807, 2.05) is 6.07 Å². The van der Waals surface area contributed by atoms with Gasteiger partial charge in [-0.1, -0.05) is 17.7 Å². The highest BCUT2D eigenvalue weighted by Crippen LogP contribution is 2.40. The van der Waals surface area contributed by atoms with E-state index in [-0.39, 0.29) is 6.42 Å². The molecule has 2 atom stereocenters. The predicted octanol–water partition coefficient (Wildman–Crippen LogP) is 3.37. The molecule has 1 saturated heterocycles. The third kappa shape index (κ3) is 3.54. The standard InChI is InChI=1S/C18H20ClF2N3O2/c1-11-13(5-4-12(9-22)15(11)19)16-17(26-7-3-6-25-2)14-8-18(20,21)10-24(14)23-16/h4-5,14,17H,3,6-8,10H2,1-2H3/t14-,17-/m0/s1. The summed E-state index contributed by atoms with van der Waals surface area (Å²) < 4.78 is 38.6. The maximum atomic E-state index is 13.8. The molecule has 1 aromatic rings. The van der Waals surface area contributed by atoms with E-state index in [1.165, 1.54) is 5.01 Å². The summed E-state index contributed by atoms with van der Waals surface area (Å²) in [6.45, 7) is 2.30. The minimum absolute atomic E-state index is 0.294. The third-order valence-electron chi connectivity index (χ3n) is 4.71. The Morgan fingerprint density at radius 2 is 2.19 bits per heavy atom. The molecule has 0 radical (unpaired) electrons. The number of methoxy groups -OCH3 is 1. The number of hydrogen-bond donors (Lipinski definition) is 0. The van der Waals surface area contributed by atoms with E-state index in [9.17, 15) is 8.78 Å². The second kappa shape index (κ2) is 7.47. The number of nitrogens with zero attached hydrogens (tertiary/aromatic N) is 3. The first kappa shape index (κ1) is 19.0. The molecule has 2 aliphatic heterocycles. The third-order valence-corrected chi connectivity index (χ3v) is 5.20. The van der Waals surface area contributed by atoms with E-state index in [4.69, 9.17) is 26.3 Å². The number of benzene rings is 1. The molecule has 1 aromatic carbocycles. The van der Waals surface area contributed by atoms with Gasteiger partial charge < -0.3 is 9.47 Å². The monoisotopic (exact) mass is 383 g/mol. The van der Waals surface area contributed by atoms with Crippen molar-refractivity contribution in [1.82, 2.24) is 5.01 Å². The lowest BCUT2D eigenvalue weighted by atomic mass is 9.94. The number of ether oxygens (including phenoxy) is 2. The van der Waals surface area contributed by atoms with Crippen molar-refractivity contribution in [3.63, 3.8) is 0 Å². The lowest BCUT2D eigenvalue weighted by Crippen LogP contribution is -2.36. The summed E-state index contributed by atoms with van der Waals surface area (Å²) in [7, 11) is 1.60. The lowest BCUT2D eigenvalue weighted by Gasteiger charge is -2.22. The fourth-order valence-corrected chi connectivity index (χ4v) is 3.65. The van der Waals surface area contributed by atoms with Gasteiger partial charge in [-0.05, 0) is 25.0 Å². The molecule has 2 heterocycles. The van der Waals surface area contributed by atoms with Crippen molar-refractivity contribution in [2.45, 2.75) is 37.8 Å². The first-order valence-corrected chi connectivity index (χ1v) is 8.79. The number of hydrazone groups is 1. The second-order valence-corrected chi connectivity index (χ2v) is 6.94. The van der Waals surface area contributed by atoms with Gasteiger partial charge >= 0.3 is 0 Å². The van der Waals surface area contributed by atoms with Crippen LogP contribution in [0.15, 0.2) is 17.2 Å². The molecule has 0 saturated carbocycles. The van der Waals surface area contributed by atoms with Crippen LogP contribution in [-0.2, 0) is 9.47 Å². The zero-order valence-corrected chi connectivity index (χ0v) is 15.4. The SMILES string of the molecule is COCCCO[C@@H]1C(c2ccc(C#N)c(Cl)c2C)=NN2CC(F)(F)C[C@@H]12. The maximum absolute atomic E-state index is 13.8. The van der Waals surface area contributed by atoms with Crippen LogP contribution in [0, 0.1) is 18.3 Å². The van der Waals surface area contributed by atoms with Gasteiger partial charge in [0.1, 0.15) is 18.7 Å². The van der Waals surface area contributed by atoms with E-state index in [0.29, 0.717) is 41.5 Å². The van der Waals surface area contributed by atoms with Crippen molar-refractivity contribution < 1.29 is 18.3 Å². The Morgan fingerprint density at radius 1 is 1.42 bits per heavy atom. The second-order valence-electron chi connectivity index (χ2n) is 6.56. The Balaban J connectivity index is 1.91. The summed E-state index contributed by atoms with van der Waals surface area (Å²) >= 11 is 6.27. The molecular formula is C18H20ClF2N3O2. The van der Waals surface area contributed by atoms with Gasteiger partial charge in [0.15, 0.2) is 0 Å². The Hall–Kier alpha value is -1.75. The Morgan fingerprint density at radius 3 is 2.88 bits per heavy atom. The van der Waals surface area contributed by atoms with Crippen molar-refractivity contribution in [1.29, 1.82) is 5.26 Å². The van der Waals surface area contributed by atoms with E-state index >= 15 is 0 Å². The van der Waals surface area contributed by atoms with Crippen molar-refractivity contribution in [3.05, 3.63) is 33.8 Å². The number of rotatable bonds is 6. The zero-order chi connectivity index (χ0) is 18.9. The summed E-state index contributed by atoms with van der Waals surface area (Å²) in [5.41, 5.74) is 2.38. The van der Waals surface area contributed by atoms with Crippen LogP contribution in [-0.4, -0.2) is 55.7 Å². The van der Waals surface area contributed by atoms with Crippen molar-refractivity contribution in [3.8, 4) is 6.07 Å². The number of hydrogen-bond acceptors (Lipinski definition) is 5. The van der Waals surface area contributed by atoms with Crippen LogP contribution >= 0.6 is 11.6 Å². The van der Waals surface area contributed by atoms with E-state index in [0.717, 1.165) is 5.56 Å². The number of halogens is 3. The van der Waals surface area contributed by atoms with Gasteiger partial charge in [-0.2, -0.15) is 10.4 Å². The average Bonchev–Trinajstić information content (AvgIpc) is 3.06. The molecule has 26 heavy (non-hydrogen) atoms. The number of nitriles is 1. The molecule has 0 aromatic heterocycles. The molecule has 140 valence electrons. The minimum Gasteiger partial charge on any atom is -0.385 e. The van der Waals surface area contributed by atoms with Crippen LogP contribution in [0.4, 0.5) is 8.78 Å². The van der Waals surface area contributed by atoms with Crippen molar-refractivity contribution in [2.75, 3.05) is 26.9 Å². The quantitative estimate of drug-likeness (QED) is 0.707. The maximum Gasteiger partial charge on any atom is 0.269 e. The molecule has 0 N–H and O–H groups in total. The molecule has 1 fully saturated rings. The first-order valence-electron chi connectivity index (χ1n) is 8.41. The molecule has 0 amide bonds. The average molecular weight is 384 g/mol. The summed E-state index contributed by atoms with van der Waals surface area (Å²) in [6.07, 6.45) is -0.197. The fourth-order valence-electron chi connectivity index (χ4n) is 3.44. The van der Waals surface area contributed by atoms with E-state index in [1.54, 1.807) is 26.2 Å². The van der Waals surface area contributed by atoms with Gasteiger partial charge in [0.25, 0.3) is 5.92 Å². The normalized spacial score (nSPS) is 23.7. The van der Waals surface area contributed by atoms with Gasteiger partial charge in [0, 0.05) is 32.3 Å². The highest BCUT2D eigenvalue weighted by Gasteiger charge is 2.53. The van der Waals surface area contributed by atoms with Gasteiger partial charge in [-0.3, -0.25) is 5.01 Å². The van der Waals surface area contributed by atoms with Crippen molar-refractivity contribution in [2.24, 2.45) is 5.10 Å². The van der Waals surface area contributed by atoms with Crippen LogP contribution in [0.2, 0.25) is 5.02 Å². The van der Waals surface area contributed by atoms with Crippen LogP contribution in [0.3, 0.4) is 0 Å². The summed E-state index contributed by atoms with van der Waals surface area (Å²) in [5.74, 6) is -2.77. The Labute approximate surface area is 156 Å². The van der Waals surface area contributed by atoms with E-state index in [2.05, 4.69) is 5.10 Å². The highest BCUT2D eigenvalue weighted by molar-refractivity contribution is 6.33. The fraction of sp³-hybridized carbons (Fsp3) is 0.556. The van der Waals surface area contributed by atoms with Gasteiger partial charge in [0.2, 0.25) is 0 Å². The first-order chi connectivity index (χ1) is 12.4. The Bertz CT molecular complexity index is 764. The molecule has 2 aliphatic rings. The smallest absolute Gasteiger partial charge is 0.269 e. The molecule has 0 spiro atoms. The zero-order valence-electron chi connectivity index (χ0n) is 14.6. The molecule has 0 unspecified atom stereocenters. The van der Waals surface area contributed by atoms with Crippen LogP contribution in [0.5, 0.6) is 0 Å². The number of fused-ring (bicyclic) bond motifs is 1. The summed E-state index contributed by atoms with van der Waals surface area (Å²) in [5, 5.41) is 15.3. The minimum atomic E-state index is -2.77. The van der Waals surface area contributed by atoms with Gasteiger partial charge in [0.05, 0.1) is 22.3 Å². The topological polar surface area (TPSA) is 57.9 Å². The van der Waals surface area contributed by atoms with Crippen LogP contribution in [0.1, 0.15) is 29.5 Å². The molecule has 8 heteroatoms. The molecule has 0 aliphatic carbocycles. The predicted molar refractivity (Wildman–Crippen MR) is 93.7 cm³/mol. The van der Waals surface area contributed by atoms with Crippen LogP contribution in [0.25, 0.3) is 0 Å². The molecule has 3 rings (SSSR count). The largest absolute Gasteiger partial charge is 0.385 e. The summed E-state index contributed by atoms with van der Waals surface area (Å²) in [4.78, 5) is 0. The van der Waals surface area contributed by atoms with E-state index < -0.39 is 24.6 Å². The molecular weight excluding hydrogens is 364 g/mol. The van der Waals surface area contributed by atoms with Gasteiger partial charge in [-0.25, -0.2) is 8.78 Å². The van der Waals surface area contributed by atoms with Crippen molar-refractivity contribution >= 4 is 17.3 Å². The molecule has 5 nitrogen and oxygen atoms in total.